The van der Waals surface area contributed by atoms with Crippen LogP contribution in [0, 0.1) is 0 Å². The highest BCUT2D eigenvalue weighted by molar-refractivity contribution is 14.0. The first-order chi connectivity index (χ1) is 14.5. The van der Waals surface area contributed by atoms with Crippen molar-refractivity contribution in [1.29, 1.82) is 0 Å². The second-order valence-electron chi connectivity index (χ2n) is 7.17. The van der Waals surface area contributed by atoms with Crippen LogP contribution in [-0.4, -0.2) is 52.5 Å². The summed E-state index contributed by atoms with van der Waals surface area (Å²) in [6.45, 7) is 2.50. The van der Waals surface area contributed by atoms with Gasteiger partial charge in [-0.05, 0) is 48.6 Å². The molecule has 9 heteroatoms. The van der Waals surface area contributed by atoms with Crippen molar-refractivity contribution in [2.45, 2.75) is 30.7 Å². The lowest BCUT2D eigenvalue weighted by Crippen LogP contribution is -2.37. The molecule has 1 fully saturated rings. The Kier molecular flexibility index (Phi) is 10.0. The van der Waals surface area contributed by atoms with Gasteiger partial charge in [0.2, 0.25) is 10.0 Å². The molecule has 1 saturated heterocycles. The Bertz CT molecular complexity index is 959. The molecular weight excluding hydrogens is 527 g/mol. The monoisotopic (exact) mass is 558 g/mol. The zero-order valence-electron chi connectivity index (χ0n) is 18.0. The van der Waals surface area contributed by atoms with E-state index in [-0.39, 0.29) is 24.0 Å². The van der Waals surface area contributed by atoms with Crippen molar-refractivity contribution in [1.82, 2.24) is 14.9 Å². The SMILES string of the molecule is CN=C(NCCc1ccccc1OC)NCc1ccc(S(=O)(=O)N2CCCC2)cc1.I. The minimum atomic E-state index is -3.37. The van der Waals surface area contributed by atoms with Gasteiger partial charge >= 0.3 is 0 Å². The second kappa shape index (κ2) is 12.3. The van der Waals surface area contributed by atoms with Gasteiger partial charge in [0.15, 0.2) is 5.96 Å². The van der Waals surface area contributed by atoms with E-state index in [1.165, 1.54) is 0 Å². The van der Waals surface area contributed by atoms with Crippen LogP contribution < -0.4 is 15.4 Å². The predicted octanol–water partition coefficient (Wildman–Crippen LogP) is 3.01. The van der Waals surface area contributed by atoms with Crippen LogP contribution >= 0.6 is 24.0 Å². The largest absolute Gasteiger partial charge is 0.496 e. The summed E-state index contributed by atoms with van der Waals surface area (Å²) in [6, 6.07) is 15.0. The fourth-order valence-corrected chi connectivity index (χ4v) is 5.01. The van der Waals surface area contributed by atoms with Gasteiger partial charge in [-0.15, -0.1) is 24.0 Å². The van der Waals surface area contributed by atoms with Gasteiger partial charge in [-0.2, -0.15) is 4.31 Å². The molecule has 7 nitrogen and oxygen atoms in total. The Morgan fingerprint density at radius 3 is 2.39 bits per heavy atom. The van der Waals surface area contributed by atoms with E-state index in [0.29, 0.717) is 37.0 Å². The zero-order valence-corrected chi connectivity index (χ0v) is 21.2. The van der Waals surface area contributed by atoms with E-state index in [1.807, 2.05) is 30.3 Å². The summed E-state index contributed by atoms with van der Waals surface area (Å²) < 4.78 is 32.2. The van der Waals surface area contributed by atoms with Crippen LogP contribution in [0.2, 0.25) is 0 Å². The maximum atomic E-state index is 12.6. The molecule has 170 valence electrons. The Morgan fingerprint density at radius 2 is 1.74 bits per heavy atom. The Balaban J connectivity index is 0.00000341. The van der Waals surface area contributed by atoms with Crippen LogP contribution in [0.5, 0.6) is 5.75 Å². The van der Waals surface area contributed by atoms with Gasteiger partial charge in [0.1, 0.15) is 5.75 Å². The first-order valence-electron chi connectivity index (χ1n) is 10.2. The molecular formula is C22H31IN4O3S. The van der Waals surface area contributed by atoms with E-state index in [2.05, 4.69) is 21.7 Å². The van der Waals surface area contributed by atoms with E-state index < -0.39 is 10.0 Å². The highest BCUT2D eigenvalue weighted by atomic mass is 127. The minimum Gasteiger partial charge on any atom is -0.496 e. The molecule has 0 aliphatic carbocycles. The van der Waals surface area contributed by atoms with Crippen molar-refractivity contribution in [3.8, 4) is 5.75 Å². The fraction of sp³-hybridized carbons (Fsp3) is 0.409. The molecule has 2 aromatic rings. The lowest BCUT2D eigenvalue weighted by atomic mass is 10.1. The number of ether oxygens (including phenoxy) is 1. The van der Waals surface area contributed by atoms with E-state index in [9.17, 15) is 8.42 Å². The summed E-state index contributed by atoms with van der Waals surface area (Å²) in [5, 5.41) is 6.55. The van der Waals surface area contributed by atoms with E-state index in [4.69, 9.17) is 4.74 Å². The third kappa shape index (κ3) is 6.81. The molecule has 1 heterocycles. The average Bonchev–Trinajstić information content (AvgIpc) is 3.32. The molecule has 1 aliphatic rings. The Labute approximate surface area is 202 Å². The smallest absolute Gasteiger partial charge is 0.243 e. The van der Waals surface area contributed by atoms with E-state index in [1.54, 1.807) is 30.6 Å². The molecule has 2 N–H and O–H groups in total. The third-order valence-electron chi connectivity index (χ3n) is 5.19. The number of sulfonamides is 1. The van der Waals surface area contributed by atoms with Crippen LogP contribution in [-0.2, 0) is 23.0 Å². The summed E-state index contributed by atoms with van der Waals surface area (Å²) in [5.41, 5.74) is 2.13. The van der Waals surface area contributed by atoms with Crippen LogP contribution in [0.15, 0.2) is 58.4 Å². The van der Waals surface area contributed by atoms with Crippen molar-refractivity contribution in [3.05, 3.63) is 59.7 Å². The molecule has 0 amide bonds. The van der Waals surface area contributed by atoms with Crippen molar-refractivity contribution in [3.63, 3.8) is 0 Å². The first kappa shape index (κ1) is 25.4. The van der Waals surface area contributed by atoms with E-state index in [0.717, 1.165) is 36.1 Å². The van der Waals surface area contributed by atoms with Crippen LogP contribution in [0.3, 0.4) is 0 Å². The van der Waals surface area contributed by atoms with Crippen molar-refractivity contribution in [2.24, 2.45) is 4.99 Å². The van der Waals surface area contributed by atoms with Gasteiger partial charge in [-0.25, -0.2) is 8.42 Å². The zero-order chi connectivity index (χ0) is 21.4. The maximum Gasteiger partial charge on any atom is 0.243 e. The van der Waals surface area contributed by atoms with Crippen LogP contribution in [0.4, 0.5) is 0 Å². The topological polar surface area (TPSA) is 83.0 Å². The number of benzene rings is 2. The fourth-order valence-electron chi connectivity index (χ4n) is 3.49. The van der Waals surface area contributed by atoms with Crippen LogP contribution in [0.1, 0.15) is 24.0 Å². The number of halogens is 1. The van der Waals surface area contributed by atoms with Crippen molar-refractivity contribution >= 4 is 40.0 Å². The molecule has 0 aromatic heterocycles. The molecule has 31 heavy (non-hydrogen) atoms. The lowest BCUT2D eigenvalue weighted by molar-refractivity contribution is 0.409. The molecule has 0 atom stereocenters. The second-order valence-corrected chi connectivity index (χ2v) is 9.11. The Morgan fingerprint density at radius 1 is 1.06 bits per heavy atom. The molecule has 1 aliphatic heterocycles. The highest BCUT2D eigenvalue weighted by Gasteiger charge is 2.26. The van der Waals surface area contributed by atoms with E-state index >= 15 is 0 Å². The van der Waals surface area contributed by atoms with Gasteiger partial charge in [-0.3, -0.25) is 4.99 Å². The Hall–Kier alpha value is -1.85. The number of para-hydroxylation sites is 1. The molecule has 0 radical (unpaired) electrons. The summed E-state index contributed by atoms with van der Waals surface area (Å²) in [5.74, 6) is 1.57. The number of nitrogens with one attached hydrogen (secondary N) is 2. The third-order valence-corrected chi connectivity index (χ3v) is 7.10. The number of rotatable bonds is 8. The maximum absolute atomic E-state index is 12.6. The minimum absolute atomic E-state index is 0. The summed E-state index contributed by atoms with van der Waals surface area (Å²) >= 11 is 0. The number of aliphatic imine (C=N–C) groups is 1. The lowest BCUT2D eigenvalue weighted by Gasteiger charge is -2.16. The molecule has 3 rings (SSSR count). The molecule has 0 bridgehead atoms. The molecule has 0 spiro atoms. The quantitative estimate of drug-likeness (QED) is 0.296. The summed E-state index contributed by atoms with van der Waals surface area (Å²) in [7, 11) is 0.0324. The van der Waals surface area contributed by atoms with Gasteiger partial charge < -0.3 is 15.4 Å². The first-order valence-corrected chi connectivity index (χ1v) is 11.6. The number of nitrogens with zero attached hydrogens (tertiary/aromatic N) is 2. The van der Waals surface area contributed by atoms with Crippen molar-refractivity contribution < 1.29 is 13.2 Å². The number of methoxy groups -OCH3 is 1. The average molecular weight is 558 g/mol. The predicted molar refractivity (Wildman–Crippen MR) is 135 cm³/mol. The number of guanidine groups is 1. The van der Waals surface area contributed by atoms with Gasteiger partial charge in [0.05, 0.1) is 12.0 Å². The summed E-state index contributed by atoms with van der Waals surface area (Å²) in [4.78, 5) is 4.60. The molecule has 2 aromatic carbocycles. The molecule has 0 saturated carbocycles. The van der Waals surface area contributed by atoms with Gasteiger partial charge in [0, 0.05) is 33.2 Å². The standard InChI is InChI=1S/C22H30N4O3S.HI/c1-23-22(24-14-13-19-7-3-4-8-21(19)29-2)25-17-18-9-11-20(12-10-18)30(27,28)26-15-5-6-16-26;/h3-4,7-12H,5-6,13-17H2,1-2H3,(H2,23,24,25);1H. The van der Waals surface area contributed by atoms with Gasteiger partial charge in [0.25, 0.3) is 0 Å². The molecule has 0 unspecified atom stereocenters. The highest BCUT2D eigenvalue weighted by Crippen LogP contribution is 2.21. The van der Waals surface area contributed by atoms with Crippen LogP contribution in [0.25, 0.3) is 0 Å². The number of hydrogen-bond acceptors (Lipinski definition) is 4. The van der Waals surface area contributed by atoms with Crippen molar-refractivity contribution in [2.75, 3.05) is 33.8 Å². The van der Waals surface area contributed by atoms with Gasteiger partial charge in [-0.1, -0.05) is 30.3 Å². The summed E-state index contributed by atoms with van der Waals surface area (Å²) in [6.07, 6.45) is 2.68. The normalized spacial score (nSPS) is 14.7. The number of hydrogen-bond donors (Lipinski definition) is 2.